The molecule has 1 aromatic carbocycles. The molecule has 0 radical (unpaired) electrons. The summed E-state index contributed by atoms with van der Waals surface area (Å²) in [5.41, 5.74) is 0.832. The Balaban J connectivity index is 1.75. The van der Waals surface area contributed by atoms with Crippen molar-refractivity contribution in [3.05, 3.63) is 27.8 Å². The van der Waals surface area contributed by atoms with Gasteiger partial charge in [-0.15, -0.1) is 0 Å². The summed E-state index contributed by atoms with van der Waals surface area (Å²) >= 11 is 9.01. The first-order valence-corrected chi connectivity index (χ1v) is 8.59. The van der Waals surface area contributed by atoms with Gasteiger partial charge in [-0.3, -0.25) is 4.79 Å². The molecule has 0 aromatic heterocycles. The van der Waals surface area contributed by atoms with Crippen LogP contribution in [-0.4, -0.2) is 34.0 Å². The fourth-order valence-corrected chi connectivity index (χ4v) is 3.26. The number of hydrogen-bond acceptors (Lipinski definition) is 3. The molecule has 1 amide bonds. The van der Waals surface area contributed by atoms with Crippen molar-refractivity contribution in [2.75, 3.05) is 24.2 Å². The largest absolute Gasteiger partial charge is 0.358 e. The van der Waals surface area contributed by atoms with Crippen molar-refractivity contribution in [1.82, 2.24) is 4.90 Å². The highest BCUT2D eigenvalue weighted by atomic mass is 127. The van der Waals surface area contributed by atoms with Crippen LogP contribution >= 0.6 is 46.6 Å². The lowest BCUT2D eigenvalue weighted by molar-refractivity contribution is -0.113. The van der Waals surface area contributed by atoms with Crippen LogP contribution in [0.1, 0.15) is 12.8 Å². The summed E-state index contributed by atoms with van der Waals surface area (Å²) in [7, 11) is 0. The SMILES string of the molecule is O=C(CSC(=S)N1CCCC1)Nc1ccc(I)cc1. The smallest absolute Gasteiger partial charge is 0.234 e. The molecular weight excluding hydrogens is 391 g/mol. The van der Waals surface area contributed by atoms with Gasteiger partial charge in [0, 0.05) is 22.3 Å². The summed E-state index contributed by atoms with van der Waals surface area (Å²) in [4.78, 5) is 14.0. The number of halogens is 1. The van der Waals surface area contributed by atoms with Crippen LogP contribution in [-0.2, 0) is 4.79 Å². The molecule has 102 valence electrons. The Morgan fingerprint density at radius 1 is 1.32 bits per heavy atom. The number of benzene rings is 1. The normalized spacial score (nSPS) is 14.5. The molecule has 1 aliphatic heterocycles. The van der Waals surface area contributed by atoms with E-state index in [-0.39, 0.29) is 5.91 Å². The van der Waals surface area contributed by atoms with Crippen LogP contribution < -0.4 is 5.32 Å². The third-order valence-electron chi connectivity index (χ3n) is 2.82. The van der Waals surface area contributed by atoms with Crippen LogP contribution in [0, 0.1) is 3.57 Å². The average molecular weight is 406 g/mol. The summed E-state index contributed by atoms with van der Waals surface area (Å²) in [6.45, 7) is 2.06. The van der Waals surface area contributed by atoms with Gasteiger partial charge in [-0.2, -0.15) is 0 Å². The molecule has 6 heteroatoms. The van der Waals surface area contributed by atoms with Crippen molar-refractivity contribution in [3.8, 4) is 0 Å². The van der Waals surface area contributed by atoms with E-state index in [1.807, 2.05) is 24.3 Å². The van der Waals surface area contributed by atoms with Crippen LogP contribution in [0.25, 0.3) is 0 Å². The van der Waals surface area contributed by atoms with E-state index in [1.165, 1.54) is 24.6 Å². The minimum atomic E-state index is -0.00671. The molecule has 1 fully saturated rings. The zero-order valence-electron chi connectivity index (χ0n) is 10.4. The van der Waals surface area contributed by atoms with Gasteiger partial charge < -0.3 is 10.2 Å². The fraction of sp³-hybridized carbons (Fsp3) is 0.385. The molecule has 0 spiro atoms. The van der Waals surface area contributed by atoms with E-state index in [4.69, 9.17) is 12.2 Å². The van der Waals surface area contributed by atoms with E-state index in [2.05, 4.69) is 32.8 Å². The third-order valence-corrected chi connectivity index (χ3v) is 5.06. The number of thiocarbonyl (C=S) groups is 1. The number of hydrogen-bond donors (Lipinski definition) is 1. The highest BCUT2D eigenvalue weighted by molar-refractivity contribution is 14.1. The number of carbonyl (C=O) groups is 1. The second-order valence-electron chi connectivity index (χ2n) is 4.30. The van der Waals surface area contributed by atoms with Gasteiger partial charge in [0.1, 0.15) is 4.32 Å². The fourth-order valence-electron chi connectivity index (χ4n) is 1.85. The van der Waals surface area contributed by atoms with Crippen molar-refractivity contribution < 1.29 is 4.79 Å². The molecule has 0 aliphatic carbocycles. The molecular formula is C13H15IN2OS2. The number of amides is 1. The first kappa shape index (κ1) is 15.1. The molecule has 0 unspecified atom stereocenters. The molecule has 3 nitrogen and oxygen atoms in total. The Morgan fingerprint density at radius 3 is 2.58 bits per heavy atom. The number of rotatable bonds is 3. The number of thioether (sulfide) groups is 1. The lowest BCUT2D eigenvalue weighted by Gasteiger charge is -2.17. The van der Waals surface area contributed by atoms with E-state index >= 15 is 0 Å². The predicted octanol–water partition coefficient (Wildman–Crippen LogP) is 3.34. The first-order valence-electron chi connectivity index (χ1n) is 6.12. The van der Waals surface area contributed by atoms with Crippen molar-refractivity contribution >= 4 is 62.5 Å². The maximum Gasteiger partial charge on any atom is 0.234 e. The van der Waals surface area contributed by atoms with Gasteiger partial charge in [-0.25, -0.2) is 0 Å². The number of nitrogens with one attached hydrogen (secondary N) is 1. The molecule has 1 aromatic rings. The van der Waals surface area contributed by atoms with Crippen LogP contribution in [0.3, 0.4) is 0 Å². The van der Waals surface area contributed by atoms with Crippen molar-refractivity contribution in [2.24, 2.45) is 0 Å². The molecule has 0 atom stereocenters. The van der Waals surface area contributed by atoms with Gasteiger partial charge >= 0.3 is 0 Å². The molecule has 0 bridgehead atoms. The summed E-state index contributed by atoms with van der Waals surface area (Å²) < 4.78 is 2.00. The van der Waals surface area contributed by atoms with E-state index in [0.29, 0.717) is 5.75 Å². The Labute approximate surface area is 136 Å². The van der Waals surface area contributed by atoms with Crippen molar-refractivity contribution in [2.45, 2.75) is 12.8 Å². The van der Waals surface area contributed by atoms with Gasteiger partial charge in [-0.1, -0.05) is 24.0 Å². The molecule has 2 rings (SSSR count). The van der Waals surface area contributed by atoms with Crippen LogP contribution in [0.15, 0.2) is 24.3 Å². The minimum absolute atomic E-state index is 0.00671. The standard InChI is InChI=1S/C13H15IN2OS2/c14-10-3-5-11(6-4-10)15-12(17)9-19-13(18)16-7-1-2-8-16/h3-6H,1-2,7-9H2,(H,15,17). The van der Waals surface area contributed by atoms with Crippen LogP contribution in [0.2, 0.25) is 0 Å². The minimum Gasteiger partial charge on any atom is -0.358 e. The average Bonchev–Trinajstić information content (AvgIpc) is 2.93. The molecule has 1 aliphatic rings. The summed E-state index contributed by atoms with van der Waals surface area (Å²) in [5.74, 6) is 0.370. The molecule has 1 saturated heterocycles. The second-order valence-corrected chi connectivity index (χ2v) is 7.16. The van der Waals surface area contributed by atoms with E-state index in [9.17, 15) is 4.79 Å². The van der Waals surface area contributed by atoms with Gasteiger partial charge in [0.15, 0.2) is 0 Å². The Morgan fingerprint density at radius 2 is 1.95 bits per heavy atom. The van der Waals surface area contributed by atoms with Crippen molar-refractivity contribution in [1.29, 1.82) is 0 Å². The topological polar surface area (TPSA) is 32.3 Å². The maximum absolute atomic E-state index is 11.8. The number of nitrogens with zero attached hydrogens (tertiary/aromatic N) is 1. The van der Waals surface area contributed by atoms with Crippen LogP contribution in [0.4, 0.5) is 5.69 Å². The Hall–Kier alpha value is -0.340. The molecule has 0 saturated carbocycles. The van der Waals surface area contributed by atoms with E-state index in [1.54, 1.807) is 0 Å². The maximum atomic E-state index is 11.8. The van der Waals surface area contributed by atoms with E-state index < -0.39 is 0 Å². The van der Waals surface area contributed by atoms with Gasteiger partial charge in [0.25, 0.3) is 0 Å². The van der Waals surface area contributed by atoms with Gasteiger partial charge in [0.05, 0.1) is 5.75 Å². The Bertz CT molecular complexity index is 458. The van der Waals surface area contributed by atoms with E-state index in [0.717, 1.165) is 26.7 Å². The lowest BCUT2D eigenvalue weighted by Crippen LogP contribution is -2.25. The molecule has 19 heavy (non-hydrogen) atoms. The van der Waals surface area contributed by atoms with Crippen LogP contribution in [0.5, 0.6) is 0 Å². The number of anilines is 1. The summed E-state index contributed by atoms with van der Waals surface area (Å²) in [6, 6.07) is 7.75. The predicted molar refractivity (Wildman–Crippen MR) is 93.7 cm³/mol. The number of carbonyl (C=O) groups excluding carboxylic acids is 1. The van der Waals surface area contributed by atoms with Gasteiger partial charge in [-0.05, 0) is 59.7 Å². The second kappa shape index (κ2) is 7.44. The zero-order valence-corrected chi connectivity index (χ0v) is 14.2. The highest BCUT2D eigenvalue weighted by Crippen LogP contribution is 2.17. The Kier molecular flexibility index (Phi) is 5.90. The van der Waals surface area contributed by atoms with Crippen molar-refractivity contribution in [3.63, 3.8) is 0 Å². The first-order chi connectivity index (χ1) is 9.15. The summed E-state index contributed by atoms with van der Waals surface area (Å²) in [6.07, 6.45) is 2.41. The monoisotopic (exact) mass is 406 g/mol. The quantitative estimate of drug-likeness (QED) is 0.617. The number of likely N-dealkylation sites (tertiary alicyclic amines) is 1. The molecule has 1 heterocycles. The highest BCUT2D eigenvalue weighted by Gasteiger charge is 2.16. The molecule has 1 N–H and O–H groups in total. The lowest BCUT2D eigenvalue weighted by atomic mass is 10.3. The summed E-state index contributed by atoms with van der Waals surface area (Å²) in [5, 5.41) is 2.87. The van der Waals surface area contributed by atoms with Gasteiger partial charge in [0.2, 0.25) is 5.91 Å². The third kappa shape index (κ3) is 4.92. The zero-order chi connectivity index (χ0) is 13.7.